The summed E-state index contributed by atoms with van der Waals surface area (Å²) in [6.45, 7) is 8.13. The zero-order chi connectivity index (χ0) is 20.2. The van der Waals surface area contributed by atoms with Crippen molar-refractivity contribution in [2.75, 3.05) is 64.3 Å². The molecule has 156 valence electrons. The van der Waals surface area contributed by atoms with Crippen LogP contribution < -0.4 is 11.5 Å². The molecule has 2 aromatic rings. The second-order valence-electron chi connectivity index (χ2n) is 7.95. The second kappa shape index (κ2) is 8.89. The van der Waals surface area contributed by atoms with E-state index in [0.717, 1.165) is 24.0 Å². The van der Waals surface area contributed by atoms with E-state index in [9.17, 15) is 0 Å². The highest BCUT2D eigenvalue weighted by Crippen LogP contribution is 2.18. The molecule has 2 aliphatic heterocycles. The fourth-order valence-corrected chi connectivity index (χ4v) is 4.13. The van der Waals surface area contributed by atoms with Crippen LogP contribution in [0, 0.1) is 0 Å². The Morgan fingerprint density at radius 2 is 1.83 bits per heavy atom. The Balaban J connectivity index is 1.24. The molecular weight excluding hydrogens is 366 g/mol. The maximum atomic E-state index is 5.79. The first-order chi connectivity index (χ1) is 14.1. The van der Waals surface area contributed by atoms with Crippen molar-refractivity contribution >= 4 is 18.0 Å². The third-order valence-corrected chi connectivity index (χ3v) is 5.93. The third-order valence-electron chi connectivity index (χ3n) is 5.93. The molecule has 0 radical (unpaired) electrons. The maximum Gasteiger partial charge on any atom is 0.241 e. The van der Waals surface area contributed by atoms with E-state index in [1.807, 2.05) is 12.1 Å². The summed E-state index contributed by atoms with van der Waals surface area (Å²) in [5.41, 5.74) is 13.0. The van der Waals surface area contributed by atoms with Crippen molar-refractivity contribution < 1.29 is 0 Å². The molecule has 0 saturated carbocycles. The van der Waals surface area contributed by atoms with Gasteiger partial charge in [-0.15, -0.1) is 5.10 Å². The number of nitrogen functional groups attached to an aromatic ring is 2. The van der Waals surface area contributed by atoms with Gasteiger partial charge in [-0.2, -0.15) is 9.67 Å². The van der Waals surface area contributed by atoms with Crippen LogP contribution in [0.3, 0.4) is 0 Å². The lowest BCUT2D eigenvalue weighted by molar-refractivity contribution is 0.0709. The van der Waals surface area contributed by atoms with Crippen molar-refractivity contribution in [3.63, 3.8) is 0 Å². The molecule has 0 amide bonds. The van der Waals surface area contributed by atoms with Crippen LogP contribution in [0.15, 0.2) is 24.4 Å². The van der Waals surface area contributed by atoms with Gasteiger partial charge in [-0.1, -0.05) is 6.08 Å². The van der Waals surface area contributed by atoms with Gasteiger partial charge in [0.1, 0.15) is 0 Å². The number of likely N-dealkylation sites (tertiary alicyclic amines) is 1. The van der Waals surface area contributed by atoms with Gasteiger partial charge in [0.25, 0.3) is 0 Å². The predicted octanol–water partition coefficient (Wildman–Crippen LogP) is 0.552. The lowest BCUT2D eigenvalue weighted by atomic mass is 10.0. The fourth-order valence-electron chi connectivity index (χ4n) is 4.13. The quantitative estimate of drug-likeness (QED) is 0.754. The Kier molecular flexibility index (Phi) is 6.08. The van der Waals surface area contributed by atoms with Crippen LogP contribution in [0.4, 0.5) is 11.9 Å². The van der Waals surface area contributed by atoms with Gasteiger partial charge in [-0.3, -0.25) is 14.8 Å². The van der Waals surface area contributed by atoms with Gasteiger partial charge >= 0.3 is 0 Å². The second-order valence-corrected chi connectivity index (χ2v) is 7.95. The van der Waals surface area contributed by atoms with E-state index in [1.165, 1.54) is 56.8 Å². The van der Waals surface area contributed by atoms with Crippen LogP contribution in [0.1, 0.15) is 18.5 Å². The maximum absolute atomic E-state index is 5.79. The largest absolute Gasteiger partial charge is 0.368 e. The Hall–Kier alpha value is -2.49. The number of rotatable bonds is 5. The van der Waals surface area contributed by atoms with Gasteiger partial charge in [0.2, 0.25) is 11.9 Å². The number of nitrogens with zero attached hydrogens (tertiary/aromatic N) is 7. The van der Waals surface area contributed by atoms with Crippen LogP contribution in [0.5, 0.6) is 0 Å². The number of pyridine rings is 1. The first kappa shape index (κ1) is 19.8. The molecule has 2 aromatic heterocycles. The van der Waals surface area contributed by atoms with E-state index in [1.54, 1.807) is 6.20 Å². The first-order valence-electron chi connectivity index (χ1n) is 10.3. The Morgan fingerprint density at radius 3 is 2.45 bits per heavy atom. The molecule has 29 heavy (non-hydrogen) atoms. The van der Waals surface area contributed by atoms with Gasteiger partial charge in [-0.05, 0) is 51.2 Å². The van der Waals surface area contributed by atoms with Gasteiger partial charge in [-0.25, -0.2) is 0 Å². The van der Waals surface area contributed by atoms with Crippen molar-refractivity contribution in [3.05, 3.63) is 30.1 Å². The average Bonchev–Trinajstić information content (AvgIpc) is 3.08. The summed E-state index contributed by atoms with van der Waals surface area (Å²) in [6, 6.07) is 4.62. The lowest BCUT2D eigenvalue weighted by Gasteiger charge is -2.41. The highest BCUT2D eigenvalue weighted by Gasteiger charge is 2.26. The third kappa shape index (κ3) is 4.92. The number of hydrogen-bond donors (Lipinski definition) is 2. The number of hydrogen-bond acceptors (Lipinski definition) is 8. The molecule has 0 atom stereocenters. The molecule has 9 heteroatoms. The van der Waals surface area contributed by atoms with E-state index in [2.05, 4.69) is 49.0 Å². The standard InChI is InChI=1S/C20H31N9/c1-26-11-13-28(14-12-26)17-6-9-27(10-7-17)8-2-3-16-4-5-18(15-23-16)29-20(22)24-19(21)25-29/h2-5,15,17H,6-14H2,1H3,(H4,21,22,24,25). The van der Waals surface area contributed by atoms with Crippen molar-refractivity contribution in [2.24, 2.45) is 0 Å². The Labute approximate surface area is 172 Å². The zero-order valence-electron chi connectivity index (χ0n) is 17.1. The summed E-state index contributed by atoms with van der Waals surface area (Å²) in [4.78, 5) is 16.0. The number of anilines is 2. The topological polar surface area (TPSA) is 105 Å². The van der Waals surface area contributed by atoms with Crippen LogP contribution in [0.25, 0.3) is 11.8 Å². The Morgan fingerprint density at radius 1 is 1.07 bits per heavy atom. The molecule has 9 nitrogen and oxygen atoms in total. The molecule has 2 fully saturated rings. The van der Waals surface area contributed by atoms with Crippen molar-refractivity contribution in [1.82, 2.24) is 34.4 Å². The minimum atomic E-state index is 0.155. The van der Waals surface area contributed by atoms with Crippen molar-refractivity contribution in [2.45, 2.75) is 18.9 Å². The van der Waals surface area contributed by atoms with E-state index in [-0.39, 0.29) is 11.9 Å². The molecule has 0 aromatic carbocycles. The number of aromatic nitrogens is 4. The normalized spacial score (nSPS) is 20.6. The summed E-state index contributed by atoms with van der Waals surface area (Å²) in [5.74, 6) is 0.412. The number of likely N-dealkylation sites (N-methyl/N-ethyl adjacent to an activating group) is 1. The summed E-state index contributed by atoms with van der Waals surface area (Å²) in [7, 11) is 2.22. The number of piperidine rings is 1. The van der Waals surface area contributed by atoms with Crippen molar-refractivity contribution in [3.8, 4) is 5.69 Å². The van der Waals surface area contributed by atoms with Gasteiger partial charge in [0.15, 0.2) is 0 Å². The average molecular weight is 398 g/mol. The smallest absolute Gasteiger partial charge is 0.241 e. The molecule has 4 N–H and O–H groups in total. The van der Waals surface area contributed by atoms with E-state index in [0.29, 0.717) is 0 Å². The van der Waals surface area contributed by atoms with Gasteiger partial charge in [0, 0.05) is 38.8 Å². The van der Waals surface area contributed by atoms with E-state index in [4.69, 9.17) is 11.5 Å². The molecule has 4 heterocycles. The predicted molar refractivity (Wildman–Crippen MR) is 116 cm³/mol. The van der Waals surface area contributed by atoms with Crippen LogP contribution in [0.2, 0.25) is 0 Å². The molecule has 2 aliphatic rings. The van der Waals surface area contributed by atoms with E-state index >= 15 is 0 Å². The molecule has 0 aliphatic carbocycles. The monoisotopic (exact) mass is 397 g/mol. The highest BCUT2D eigenvalue weighted by molar-refractivity contribution is 5.48. The van der Waals surface area contributed by atoms with Gasteiger partial charge in [0.05, 0.1) is 17.6 Å². The van der Waals surface area contributed by atoms with Crippen LogP contribution >= 0.6 is 0 Å². The highest BCUT2D eigenvalue weighted by atomic mass is 15.4. The van der Waals surface area contributed by atoms with Crippen molar-refractivity contribution in [1.29, 1.82) is 0 Å². The minimum absolute atomic E-state index is 0.155. The van der Waals surface area contributed by atoms with E-state index < -0.39 is 0 Å². The summed E-state index contributed by atoms with van der Waals surface area (Å²) in [6.07, 6.45) is 8.53. The molecule has 0 unspecified atom stereocenters. The molecule has 0 spiro atoms. The lowest BCUT2D eigenvalue weighted by Crippen LogP contribution is -2.52. The Bertz CT molecular complexity index is 813. The summed E-state index contributed by atoms with van der Waals surface area (Å²) < 4.78 is 1.49. The number of nitrogens with two attached hydrogens (primary N) is 2. The van der Waals surface area contributed by atoms with Gasteiger partial charge < -0.3 is 16.4 Å². The molecule has 2 saturated heterocycles. The first-order valence-corrected chi connectivity index (χ1v) is 10.3. The zero-order valence-corrected chi connectivity index (χ0v) is 17.1. The number of piperazine rings is 1. The minimum Gasteiger partial charge on any atom is -0.368 e. The fraction of sp³-hybridized carbons (Fsp3) is 0.550. The van der Waals surface area contributed by atoms with Crippen LogP contribution in [-0.4, -0.2) is 93.4 Å². The molecule has 4 rings (SSSR count). The summed E-state index contributed by atoms with van der Waals surface area (Å²) >= 11 is 0. The molecule has 0 bridgehead atoms. The summed E-state index contributed by atoms with van der Waals surface area (Å²) in [5, 5.41) is 4.06. The SMILES string of the molecule is CN1CCN(C2CCN(CC=Cc3ccc(-n4nc(N)nc4N)cn3)CC2)CC1. The van der Waals surface area contributed by atoms with Crippen LogP contribution in [-0.2, 0) is 0 Å². The molecular formula is C20H31N9.